The molecule has 0 aliphatic heterocycles. The summed E-state index contributed by atoms with van der Waals surface area (Å²) in [5.41, 5.74) is 5.23. The van der Waals surface area contributed by atoms with E-state index < -0.39 is 6.09 Å². The molecule has 0 radical (unpaired) electrons. The lowest BCUT2D eigenvalue weighted by molar-refractivity contribution is 0.185. The zero-order valence-electron chi connectivity index (χ0n) is 27.5. The molecule has 0 unspecified atom stereocenters. The zero-order valence-corrected chi connectivity index (χ0v) is 27.5. The average Bonchev–Trinajstić information content (AvgIpc) is 2.96. The molecule has 0 atom stereocenters. The molecule has 3 heteroatoms. The van der Waals surface area contributed by atoms with Gasteiger partial charge < -0.3 is 10.5 Å². The maximum atomic E-state index is 11.2. The number of carbonyl (C=O) groups excluding carboxylic acids is 1. The highest BCUT2D eigenvalue weighted by molar-refractivity contribution is 5.66. The van der Waals surface area contributed by atoms with Gasteiger partial charge in [-0.1, -0.05) is 159 Å². The van der Waals surface area contributed by atoms with E-state index in [1.165, 1.54) is 141 Å². The van der Waals surface area contributed by atoms with Gasteiger partial charge >= 0.3 is 6.09 Å². The number of carbonyl (C=O) groups is 1. The molecule has 0 saturated heterocycles. The number of rotatable bonds is 31. The van der Waals surface area contributed by atoms with E-state index >= 15 is 0 Å². The summed E-state index contributed by atoms with van der Waals surface area (Å²) in [5, 5.41) is 0. The average molecular weight is 572 g/mol. The number of hydrogen-bond donors (Lipinski definition) is 1. The monoisotopic (exact) mass is 572 g/mol. The summed E-state index contributed by atoms with van der Waals surface area (Å²) in [7, 11) is 0. The Morgan fingerprint density at radius 3 is 1.27 bits per heavy atom. The molecule has 0 spiro atoms. The Labute approximate surface area is 256 Å². The maximum absolute atomic E-state index is 11.2. The van der Waals surface area contributed by atoms with Gasteiger partial charge in [0.05, 0.1) is 0 Å². The van der Waals surface area contributed by atoms with Gasteiger partial charge in [-0.25, -0.2) is 4.79 Å². The van der Waals surface area contributed by atoms with Gasteiger partial charge in [-0.15, -0.1) is 0 Å². The van der Waals surface area contributed by atoms with Gasteiger partial charge in [0.1, 0.15) is 5.76 Å². The van der Waals surface area contributed by atoms with Crippen molar-refractivity contribution in [3.05, 3.63) is 48.3 Å². The molecule has 0 aromatic rings. The summed E-state index contributed by atoms with van der Waals surface area (Å²) in [6.07, 6.45) is 49.6. The van der Waals surface area contributed by atoms with Crippen molar-refractivity contribution in [3.8, 4) is 0 Å². The highest BCUT2D eigenvalue weighted by Crippen LogP contribution is 2.15. The van der Waals surface area contributed by atoms with Crippen molar-refractivity contribution in [1.29, 1.82) is 0 Å². The van der Waals surface area contributed by atoms with E-state index in [-0.39, 0.29) is 0 Å². The Hall–Kier alpha value is -1.77. The van der Waals surface area contributed by atoms with Gasteiger partial charge in [0.25, 0.3) is 0 Å². The third kappa shape index (κ3) is 34.3. The SMILES string of the molecule is CCCCCC=CCC=CCCCCCCCCCCCCCCCCCC=C(CC=CCCCCC)OC(N)=O. The highest BCUT2D eigenvalue weighted by Gasteiger charge is 2.01. The number of unbranched alkanes of at least 4 members (excludes halogenated alkanes) is 22. The smallest absolute Gasteiger partial charge is 0.409 e. The van der Waals surface area contributed by atoms with E-state index in [1.807, 2.05) is 0 Å². The van der Waals surface area contributed by atoms with Crippen molar-refractivity contribution in [2.24, 2.45) is 5.73 Å². The van der Waals surface area contributed by atoms with Gasteiger partial charge in [-0.3, -0.25) is 0 Å². The number of nitrogens with two attached hydrogens (primary N) is 1. The van der Waals surface area contributed by atoms with Crippen LogP contribution in [0.1, 0.15) is 187 Å². The predicted molar refractivity (Wildman–Crippen MR) is 182 cm³/mol. The third-order valence-electron chi connectivity index (χ3n) is 7.72. The van der Waals surface area contributed by atoms with Crippen LogP contribution in [-0.4, -0.2) is 6.09 Å². The Balaban J connectivity index is 3.46. The van der Waals surface area contributed by atoms with Crippen LogP contribution in [0.2, 0.25) is 0 Å². The molecule has 0 aliphatic carbocycles. The zero-order chi connectivity index (χ0) is 29.9. The van der Waals surface area contributed by atoms with E-state index in [0.717, 1.165) is 25.7 Å². The Morgan fingerprint density at radius 1 is 0.488 bits per heavy atom. The normalized spacial score (nSPS) is 12.4. The molecule has 0 saturated carbocycles. The molecule has 238 valence electrons. The van der Waals surface area contributed by atoms with Crippen molar-refractivity contribution in [2.75, 3.05) is 0 Å². The first-order valence-corrected chi connectivity index (χ1v) is 17.8. The quantitative estimate of drug-likeness (QED) is 0.0511. The molecule has 1 amide bonds. The van der Waals surface area contributed by atoms with Crippen LogP contribution in [0.25, 0.3) is 0 Å². The molecule has 41 heavy (non-hydrogen) atoms. The van der Waals surface area contributed by atoms with Gasteiger partial charge in [-0.05, 0) is 63.9 Å². The summed E-state index contributed by atoms with van der Waals surface area (Å²) < 4.78 is 5.18. The number of primary amides is 1. The van der Waals surface area contributed by atoms with Crippen LogP contribution in [0, 0.1) is 0 Å². The van der Waals surface area contributed by atoms with Crippen LogP contribution < -0.4 is 5.73 Å². The van der Waals surface area contributed by atoms with Crippen molar-refractivity contribution in [2.45, 2.75) is 187 Å². The number of allylic oxidation sites excluding steroid dienone is 7. The lowest BCUT2D eigenvalue weighted by atomic mass is 10.0. The summed E-state index contributed by atoms with van der Waals surface area (Å²) in [6.45, 7) is 4.48. The molecule has 0 aromatic heterocycles. The second kappa shape index (κ2) is 34.4. The largest absolute Gasteiger partial charge is 0.415 e. The van der Waals surface area contributed by atoms with Gasteiger partial charge in [0.15, 0.2) is 0 Å². The van der Waals surface area contributed by atoms with Crippen molar-refractivity contribution < 1.29 is 9.53 Å². The van der Waals surface area contributed by atoms with Crippen LogP contribution in [0.5, 0.6) is 0 Å². The minimum Gasteiger partial charge on any atom is -0.415 e. The maximum Gasteiger partial charge on any atom is 0.409 e. The van der Waals surface area contributed by atoms with Crippen molar-refractivity contribution in [3.63, 3.8) is 0 Å². The lowest BCUT2D eigenvalue weighted by Crippen LogP contribution is -2.12. The fourth-order valence-corrected chi connectivity index (χ4v) is 5.11. The van der Waals surface area contributed by atoms with E-state index in [9.17, 15) is 4.79 Å². The number of ether oxygens (including phenoxy) is 1. The van der Waals surface area contributed by atoms with Crippen LogP contribution in [0.4, 0.5) is 4.79 Å². The topological polar surface area (TPSA) is 52.3 Å². The molecule has 0 aliphatic rings. The van der Waals surface area contributed by atoms with Gasteiger partial charge in [0, 0.05) is 6.42 Å². The molecule has 0 heterocycles. The minimum atomic E-state index is -0.707. The first kappa shape index (κ1) is 39.2. The lowest BCUT2D eigenvalue weighted by Gasteiger charge is -2.05. The van der Waals surface area contributed by atoms with Crippen molar-refractivity contribution >= 4 is 6.09 Å². The number of hydrogen-bond acceptors (Lipinski definition) is 2. The fourth-order valence-electron chi connectivity index (χ4n) is 5.11. The molecule has 3 nitrogen and oxygen atoms in total. The van der Waals surface area contributed by atoms with Gasteiger partial charge in [0.2, 0.25) is 0 Å². The molecular formula is C38H69NO2. The Kier molecular flexibility index (Phi) is 32.9. The predicted octanol–water partition coefficient (Wildman–Crippen LogP) is 13.2. The third-order valence-corrected chi connectivity index (χ3v) is 7.72. The summed E-state index contributed by atoms with van der Waals surface area (Å²) in [5.74, 6) is 0.698. The molecule has 0 bridgehead atoms. The summed E-state index contributed by atoms with van der Waals surface area (Å²) in [4.78, 5) is 11.2. The molecular weight excluding hydrogens is 502 g/mol. The van der Waals surface area contributed by atoms with E-state index in [1.54, 1.807) is 0 Å². The van der Waals surface area contributed by atoms with Crippen LogP contribution >= 0.6 is 0 Å². The van der Waals surface area contributed by atoms with E-state index in [4.69, 9.17) is 10.5 Å². The Morgan fingerprint density at radius 2 is 0.854 bits per heavy atom. The number of amides is 1. The second-order valence-corrected chi connectivity index (χ2v) is 11.8. The molecule has 2 N–H and O–H groups in total. The van der Waals surface area contributed by atoms with Crippen LogP contribution in [0.15, 0.2) is 48.3 Å². The minimum absolute atomic E-state index is 0.657. The molecule has 0 fully saturated rings. The van der Waals surface area contributed by atoms with E-state index in [0.29, 0.717) is 12.2 Å². The van der Waals surface area contributed by atoms with Crippen LogP contribution in [-0.2, 0) is 4.74 Å². The molecule has 0 aromatic carbocycles. The van der Waals surface area contributed by atoms with Gasteiger partial charge in [-0.2, -0.15) is 0 Å². The fraction of sp³-hybridized carbons (Fsp3) is 0.763. The summed E-state index contributed by atoms with van der Waals surface area (Å²) >= 11 is 0. The first-order valence-electron chi connectivity index (χ1n) is 17.8. The first-order chi connectivity index (χ1) is 20.2. The van der Waals surface area contributed by atoms with Crippen molar-refractivity contribution in [1.82, 2.24) is 0 Å². The Bertz CT molecular complexity index is 661. The second-order valence-electron chi connectivity index (χ2n) is 11.8. The summed E-state index contributed by atoms with van der Waals surface area (Å²) in [6, 6.07) is 0. The standard InChI is InChI=1S/C38H69NO2/c1-3-5-7-9-11-12-13-14-15-16-17-18-19-20-21-22-23-24-25-26-27-28-29-30-32-34-36-37(41-38(39)40)35-33-31-10-8-6-4-2/h11-12,14-15,31,33,36H,3-10,13,16-30,32,34-35H2,1-2H3,(H2,39,40). The van der Waals surface area contributed by atoms with E-state index in [2.05, 4.69) is 56.4 Å². The van der Waals surface area contributed by atoms with Crippen LogP contribution in [0.3, 0.4) is 0 Å². The highest BCUT2D eigenvalue weighted by atomic mass is 16.5. The molecule has 0 rings (SSSR count).